The normalized spacial score (nSPS) is 46.4. The lowest BCUT2D eigenvalue weighted by Gasteiger charge is -2.44. The molecular formula is C17H30N2O. The number of carbonyl (C=O) groups excluding carboxylic acids is 1. The molecular weight excluding hydrogens is 248 g/mol. The summed E-state index contributed by atoms with van der Waals surface area (Å²) in [4.78, 5) is 12.6. The minimum Gasteiger partial charge on any atom is -0.351 e. The first-order valence-corrected chi connectivity index (χ1v) is 8.37. The largest absolute Gasteiger partial charge is 0.351 e. The Balaban J connectivity index is 1.69. The molecule has 3 rings (SSSR count). The number of hydrogen-bond acceptors (Lipinski definition) is 2. The summed E-state index contributed by atoms with van der Waals surface area (Å²) in [5, 5.41) is 6.83. The maximum Gasteiger partial charge on any atom is 0.237 e. The van der Waals surface area contributed by atoms with E-state index < -0.39 is 0 Å². The second kappa shape index (κ2) is 4.72. The highest BCUT2D eigenvalue weighted by molar-refractivity contribution is 5.82. The summed E-state index contributed by atoms with van der Waals surface area (Å²) in [6.45, 7) is 10.3. The average molecular weight is 278 g/mol. The van der Waals surface area contributed by atoms with E-state index in [2.05, 4.69) is 38.3 Å². The molecule has 1 heterocycles. The molecule has 5 atom stereocenters. The van der Waals surface area contributed by atoms with Gasteiger partial charge in [-0.05, 0) is 61.3 Å². The first kappa shape index (κ1) is 14.4. The van der Waals surface area contributed by atoms with Crippen LogP contribution < -0.4 is 10.6 Å². The van der Waals surface area contributed by atoms with Crippen LogP contribution in [0.15, 0.2) is 0 Å². The molecule has 2 N–H and O–H groups in total. The second-order valence-corrected chi connectivity index (χ2v) is 8.49. The van der Waals surface area contributed by atoms with Gasteiger partial charge in [0.2, 0.25) is 5.91 Å². The first-order chi connectivity index (χ1) is 9.33. The summed E-state index contributed by atoms with van der Waals surface area (Å²) in [5.74, 6) is 1.69. The van der Waals surface area contributed by atoms with Crippen LogP contribution in [0.1, 0.15) is 59.8 Å². The third-order valence-corrected chi connectivity index (χ3v) is 6.54. The first-order valence-electron chi connectivity index (χ1n) is 8.37. The van der Waals surface area contributed by atoms with Crippen LogP contribution in [-0.4, -0.2) is 24.5 Å². The van der Waals surface area contributed by atoms with Gasteiger partial charge >= 0.3 is 0 Å². The Bertz CT molecular complexity index is 401. The van der Waals surface area contributed by atoms with Crippen molar-refractivity contribution in [3.63, 3.8) is 0 Å². The minimum atomic E-state index is 0.0253. The fraction of sp³-hybridized carbons (Fsp3) is 0.941. The Morgan fingerprint density at radius 2 is 2.00 bits per heavy atom. The van der Waals surface area contributed by atoms with Crippen molar-refractivity contribution >= 4 is 5.91 Å². The van der Waals surface area contributed by atoms with Crippen LogP contribution in [0.2, 0.25) is 0 Å². The van der Waals surface area contributed by atoms with Crippen LogP contribution in [0.5, 0.6) is 0 Å². The lowest BCUT2D eigenvalue weighted by molar-refractivity contribution is -0.126. The number of carbonyl (C=O) groups is 1. The molecule has 114 valence electrons. The Morgan fingerprint density at radius 1 is 1.25 bits per heavy atom. The van der Waals surface area contributed by atoms with Crippen molar-refractivity contribution in [2.45, 2.75) is 71.9 Å². The van der Waals surface area contributed by atoms with Gasteiger partial charge in [-0.15, -0.1) is 0 Å². The molecule has 2 bridgehead atoms. The Morgan fingerprint density at radius 3 is 2.60 bits per heavy atom. The van der Waals surface area contributed by atoms with E-state index in [4.69, 9.17) is 0 Å². The van der Waals surface area contributed by atoms with Crippen LogP contribution in [-0.2, 0) is 4.79 Å². The van der Waals surface area contributed by atoms with Gasteiger partial charge in [0.1, 0.15) is 0 Å². The van der Waals surface area contributed by atoms with Gasteiger partial charge in [-0.3, -0.25) is 4.79 Å². The molecule has 1 saturated heterocycles. The van der Waals surface area contributed by atoms with Gasteiger partial charge in [0, 0.05) is 6.04 Å². The molecule has 3 nitrogen and oxygen atoms in total. The summed E-state index contributed by atoms with van der Waals surface area (Å²) >= 11 is 0. The molecule has 3 fully saturated rings. The van der Waals surface area contributed by atoms with E-state index in [-0.39, 0.29) is 17.4 Å². The lowest BCUT2D eigenvalue weighted by Crippen LogP contribution is -2.57. The van der Waals surface area contributed by atoms with Gasteiger partial charge in [-0.1, -0.05) is 27.7 Å². The van der Waals surface area contributed by atoms with E-state index >= 15 is 0 Å². The Kier molecular flexibility index (Phi) is 3.39. The summed E-state index contributed by atoms with van der Waals surface area (Å²) in [6, 6.07) is 0.373. The van der Waals surface area contributed by atoms with Crippen molar-refractivity contribution in [2.75, 3.05) is 6.54 Å². The summed E-state index contributed by atoms with van der Waals surface area (Å²) < 4.78 is 0. The van der Waals surface area contributed by atoms with Crippen molar-refractivity contribution in [1.29, 1.82) is 0 Å². The highest BCUT2D eigenvalue weighted by Crippen LogP contribution is 2.62. The molecule has 3 aliphatic rings. The van der Waals surface area contributed by atoms with Crippen LogP contribution in [0, 0.1) is 22.7 Å². The second-order valence-electron chi connectivity index (χ2n) is 8.49. The van der Waals surface area contributed by atoms with E-state index in [0.717, 1.165) is 18.9 Å². The number of rotatable bonds is 2. The smallest absolute Gasteiger partial charge is 0.237 e. The predicted molar refractivity (Wildman–Crippen MR) is 81.3 cm³/mol. The molecule has 3 heteroatoms. The molecule has 20 heavy (non-hydrogen) atoms. The summed E-state index contributed by atoms with van der Waals surface area (Å²) in [5.41, 5.74) is 0.576. The number of amides is 1. The van der Waals surface area contributed by atoms with Gasteiger partial charge in [-0.25, -0.2) is 0 Å². The predicted octanol–water partition coefficient (Wildman–Crippen LogP) is 2.71. The molecule has 2 saturated carbocycles. The standard InChI is InChI=1S/C17H30N2O/c1-11-6-8-18-13(9-11)14(20)19-15-16(2,3)12-5-7-17(15,4)10-12/h11-13,15,18H,5-10H2,1-4H3,(H,19,20). The number of fused-ring (bicyclic) bond motifs is 2. The molecule has 0 spiro atoms. The van der Waals surface area contributed by atoms with Crippen molar-refractivity contribution in [1.82, 2.24) is 10.6 Å². The van der Waals surface area contributed by atoms with Gasteiger partial charge < -0.3 is 10.6 Å². The minimum absolute atomic E-state index is 0.0253. The van der Waals surface area contributed by atoms with Crippen LogP contribution in [0.25, 0.3) is 0 Å². The molecule has 1 aliphatic heterocycles. The van der Waals surface area contributed by atoms with Crippen molar-refractivity contribution in [3.05, 3.63) is 0 Å². The van der Waals surface area contributed by atoms with Crippen LogP contribution in [0.4, 0.5) is 0 Å². The van der Waals surface area contributed by atoms with Gasteiger partial charge in [-0.2, -0.15) is 0 Å². The highest BCUT2D eigenvalue weighted by atomic mass is 16.2. The van der Waals surface area contributed by atoms with Crippen LogP contribution in [0.3, 0.4) is 0 Å². The van der Waals surface area contributed by atoms with Gasteiger partial charge in [0.05, 0.1) is 6.04 Å². The Hall–Kier alpha value is -0.570. The zero-order valence-electron chi connectivity index (χ0n) is 13.5. The van der Waals surface area contributed by atoms with E-state index in [1.807, 2.05) is 0 Å². The molecule has 0 aromatic carbocycles. The highest BCUT2D eigenvalue weighted by Gasteiger charge is 2.59. The molecule has 2 aliphatic carbocycles. The molecule has 0 aromatic rings. The maximum atomic E-state index is 12.6. The van der Waals surface area contributed by atoms with Crippen LogP contribution >= 0.6 is 0 Å². The fourth-order valence-corrected chi connectivity index (χ4v) is 5.21. The molecule has 1 amide bonds. The van der Waals surface area contributed by atoms with Crippen molar-refractivity contribution in [3.8, 4) is 0 Å². The zero-order valence-corrected chi connectivity index (χ0v) is 13.5. The number of piperidine rings is 1. The lowest BCUT2D eigenvalue weighted by atomic mass is 9.68. The van der Waals surface area contributed by atoms with Crippen molar-refractivity contribution in [2.24, 2.45) is 22.7 Å². The molecule has 0 radical (unpaired) electrons. The summed E-state index contributed by atoms with van der Waals surface area (Å²) in [6.07, 6.45) is 6.09. The fourth-order valence-electron chi connectivity index (χ4n) is 5.21. The van der Waals surface area contributed by atoms with E-state index in [1.165, 1.54) is 25.7 Å². The number of nitrogens with one attached hydrogen (secondary N) is 2. The quantitative estimate of drug-likeness (QED) is 0.815. The summed E-state index contributed by atoms with van der Waals surface area (Å²) in [7, 11) is 0. The Labute approximate surface area is 123 Å². The van der Waals surface area contributed by atoms with E-state index in [0.29, 0.717) is 17.4 Å². The zero-order chi connectivity index (χ0) is 14.5. The van der Waals surface area contributed by atoms with Gasteiger partial charge in [0.15, 0.2) is 0 Å². The van der Waals surface area contributed by atoms with Crippen molar-refractivity contribution < 1.29 is 4.79 Å². The third kappa shape index (κ3) is 2.18. The maximum absolute atomic E-state index is 12.6. The monoisotopic (exact) mass is 278 g/mol. The SMILES string of the molecule is CC1CCNC(C(=O)NC2C3(C)CCC(C3)C2(C)C)C1. The number of hydrogen-bond donors (Lipinski definition) is 2. The third-order valence-electron chi connectivity index (χ3n) is 6.54. The molecule has 5 unspecified atom stereocenters. The van der Waals surface area contributed by atoms with E-state index in [1.54, 1.807) is 0 Å². The van der Waals surface area contributed by atoms with E-state index in [9.17, 15) is 4.79 Å². The average Bonchev–Trinajstić information content (AvgIpc) is 2.85. The topological polar surface area (TPSA) is 41.1 Å². The molecule has 0 aromatic heterocycles. The van der Waals surface area contributed by atoms with Gasteiger partial charge in [0.25, 0.3) is 0 Å².